The van der Waals surface area contributed by atoms with Crippen molar-refractivity contribution in [2.75, 3.05) is 10.8 Å². The summed E-state index contributed by atoms with van der Waals surface area (Å²) in [5.74, 6) is -0.232. The Kier molecular flexibility index (Phi) is 3.84. The monoisotopic (exact) mass is 324 g/mol. The molecular weight excluding hydrogens is 312 g/mol. The zero-order chi connectivity index (χ0) is 14.0. The average molecular weight is 325 g/mol. The lowest BCUT2D eigenvalue weighted by molar-refractivity contribution is 0.306. The molecule has 1 aromatic heterocycles. The zero-order valence-corrected chi connectivity index (χ0v) is 11.5. The number of halogens is 1. The summed E-state index contributed by atoms with van der Waals surface area (Å²) in [6.45, 7) is 0.388. The topological polar surface area (TPSA) is 117 Å². The Hall–Kier alpha value is -1.90. The highest BCUT2D eigenvalue weighted by atomic mass is 79.9. The minimum absolute atomic E-state index is 0.232. The molecule has 0 aliphatic heterocycles. The second-order valence-electron chi connectivity index (χ2n) is 3.83. The molecule has 0 spiro atoms. The second-order valence-corrected chi connectivity index (χ2v) is 4.69. The molecule has 0 radical (unpaired) electrons. The fraction of sp³-hybridized carbons (Fsp3) is 0.0909. The van der Waals surface area contributed by atoms with E-state index in [4.69, 9.17) is 16.9 Å². The molecule has 0 bridgehead atoms. The van der Waals surface area contributed by atoms with Gasteiger partial charge in [-0.3, -0.25) is 10.6 Å². The number of nitrogens with zero attached hydrogens (tertiary/aromatic N) is 3. The molecule has 0 aliphatic carbocycles. The molecule has 2 rings (SSSR count). The van der Waals surface area contributed by atoms with Gasteiger partial charge in [-0.2, -0.15) is 10.2 Å². The van der Waals surface area contributed by atoms with Crippen LogP contribution in [0, 0.1) is 5.41 Å². The van der Waals surface area contributed by atoms with E-state index in [0.29, 0.717) is 23.0 Å². The maximum absolute atomic E-state index is 9.99. The number of hydrogen-bond acceptors (Lipinski definition) is 5. The number of nitrogens with one attached hydrogen (secondary N) is 1. The minimum Gasteiger partial charge on any atom is -0.396 e. The Morgan fingerprint density at radius 1 is 1.53 bits per heavy atom. The van der Waals surface area contributed by atoms with Gasteiger partial charge in [-0.25, -0.2) is 4.68 Å². The molecule has 0 saturated carbocycles. The first-order valence-corrected chi connectivity index (χ1v) is 6.19. The van der Waals surface area contributed by atoms with Gasteiger partial charge in [-0.15, -0.1) is 0 Å². The fourth-order valence-electron chi connectivity index (χ4n) is 1.51. The summed E-state index contributed by atoms with van der Waals surface area (Å²) in [5, 5.41) is 22.4. The van der Waals surface area contributed by atoms with Gasteiger partial charge in [-0.1, -0.05) is 22.0 Å². The van der Waals surface area contributed by atoms with Crippen molar-refractivity contribution in [2.24, 2.45) is 5.73 Å². The van der Waals surface area contributed by atoms with E-state index in [1.807, 2.05) is 0 Å². The molecule has 100 valence electrons. The third kappa shape index (κ3) is 2.75. The van der Waals surface area contributed by atoms with E-state index in [-0.39, 0.29) is 5.96 Å². The molecule has 1 aromatic carbocycles. The van der Waals surface area contributed by atoms with Crippen LogP contribution in [0.2, 0.25) is 0 Å². The number of benzene rings is 1. The van der Waals surface area contributed by atoms with Crippen molar-refractivity contribution in [3.8, 4) is 0 Å². The van der Waals surface area contributed by atoms with Crippen LogP contribution in [0.1, 0.15) is 5.56 Å². The molecule has 2 aromatic rings. The maximum atomic E-state index is 9.99. The number of nitrogen functional groups attached to an aromatic ring is 1. The van der Waals surface area contributed by atoms with E-state index < -0.39 is 0 Å². The molecule has 0 unspecified atom stereocenters. The number of aromatic nitrogens is 2. The van der Waals surface area contributed by atoms with Crippen molar-refractivity contribution in [1.29, 1.82) is 5.41 Å². The van der Waals surface area contributed by atoms with Crippen LogP contribution in [0.5, 0.6) is 0 Å². The van der Waals surface area contributed by atoms with Crippen LogP contribution in [0.3, 0.4) is 0 Å². The van der Waals surface area contributed by atoms with Gasteiger partial charge in [0.25, 0.3) is 0 Å². The first kappa shape index (κ1) is 13.5. The van der Waals surface area contributed by atoms with Gasteiger partial charge in [-0.05, 0) is 17.7 Å². The van der Waals surface area contributed by atoms with E-state index >= 15 is 0 Å². The summed E-state index contributed by atoms with van der Waals surface area (Å²) in [7, 11) is 0. The Morgan fingerprint density at radius 2 is 2.26 bits per heavy atom. The molecule has 0 saturated heterocycles. The van der Waals surface area contributed by atoms with Crippen LogP contribution in [0.4, 0.5) is 11.4 Å². The number of rotatable bonds is 2. The molecule has 0 amide bonds. The molecular formula is C11H13BrN6O. The summed E-state index contributed by atoms with van der Waals surface area (Å²) in [4.78, 5) is 0. The molecule has 8 heteroatoms. The van der Waals surface area contributed by atoms with Gasteiger partial charge < -0.3 is 11.5 Å². The van der Waals surface area contributed by atoms with Crippen molar-refractivity contribution in [3.63, 3.8) is 0 Å². The van der Waals surface area contributed by atoms with Crippen LogP contribution < -0.4 is 16.5 Å². The molecule has 0 aliphatic rings. The largest absolute Gasteiger partial charge is 0.396 e. The molecule has 19 heavy (non-hydrogen) atoms. The fourth-order valence-corrected chi connectivity index (χ4v) is 2.03. The number of hydroxylamine groups is 1. The zero-order valence-electron chi connectivity index (χ0n) is 9.92. The molecule has 7 nitrogen and oxygen atoms in total. The van der Waals surface area contributed by atoms with Crippen molar-refractivity contribution in [1.82, 2.24) is 9.78 Å². The quantitative estimate of drug-likeness (QED) is 0.378. The van der Waals surface area contributed by atoms with Gasteiger partial charge in [0.15, 0.2) is 0 Å². The Balaban J connectivity index is 2.26. The third-order valence-electron chi connectivity index (χ3n) is 2.52. The van der Waals surface area contributed by atoms with Gasteiger partial charge in [0.2, 0.25) is 5.96 Å². The first-order valence-electron chi connectivity index (χ1n) is 5.39. The predicted molar refractivity (Wildman–Crippen MR) is 76.1 cm³/mol. The summed E-state index contributed by atoms with van der Waals surface area (Å²) >= 11 is 3.35. The van der Waals surface area contributed by atoms with Gasteiger partial charge >= 0.3 is 0 Å². The minimum atomic E-state index is -0.232. The van der Waals surface area contributed by atoms with E-state index in [1.54, 1.807) is 18.2 Å². The highest BCUT2D eigenvalue weighted by Crippen LogP contribution is 2.23. The molecule has 0 fully saturated rings. The Bertz CT molecular complexity index is 611. The van der Waals surface area contributed by atoms with E-state index in [2.05, 4.69) is 21.0 Å². The second kappa shape index (κ2) is 5.39. The number of nitrogens with two attached hydrogens (primary N) is 2. The van der Waals surface area contributed by atoms with E-state index in [0.717, 1.165) is 10.0 Å². The maximum Gasteiger partial charge on any atom is 0.248 e. The van der Waals surface area contributed by atoms with Crippen LogP contribution >= 0.6 is 15.9 Å². The number of hydrogen-bond donors (Lipinski definition) is 4. The average Bonchev–Trinajstić information content (AvgIpc) is 2.83. The lowest BCUT2D eigenvalue weighted by atomic mass is 10.2. The van der Waals surface area contributed by atoms with Crippen molar-refractivity contribution >= 4 is 33.3 Å². The smallest absolute Gasteiger partial charge is 0.248 e. The van der Waals surface area contributed by atoms with Crippen LogP contribution in [0.15, 0.2) is 35.1 Å². The van der Waals surface area contributed by atoms with E-state index in [9.17, 15) is 5.21 Å². The SMILES string of the molecule is N=C(N(O)c1ccc(CN)c(Br)c1)n1cc(N)cn1. The van der Waals surface area contributed by atoms with Gasteiger partial charge in [0.1, 0.15) is 0 Å². The van der Waals surface area contributed by atoms with E-state index in [1.165, 1.54) is 17.1 Å². The van der Waals surface area contributed by atoms with Crippen molar-refractivity contribution < 1.29 is 5.21 Å². The highest BCUT2D eigenvalue weighted by molar-refractivity contribution is 9.10. The summed E-state index contributed by atoms with van der Waals surface area (Å²) in [6.07, 6.45) is 2.84. The van der Waals surface area contributed by atoms with Crippen LogP contribution in [0.25, 0.3) is 0 Å². The highest BCUT2D eigenvalue weighted by Gasteiger charge is 2.13. The summed E-state index contributed by atoms with van der Waals surface area (Å²) < 4.78 is 1.93. The van der Waals surface area contributed by atoms with Crippen molar-refractivity contribution in [2.45, 2.75) is 6.54 Å². The Morgan fingerprint density at radius 3 is 2.79 bits per heavy atom. The third-order valence-corrected chi connectivity index (χ3v) is 3.26. The first-order chi connectivity index (χ1) is 9.02. The normalized spacial score (nSPS) is 10.5. The van der Waals surface area contributed by atoms with Crippen LogP contribution in [-0.4, -0.2) is 20.9 Å². The standard InChI is InChI=1S/C11H13BrN6O/c12-10-3-9(2-1-7(10)4-13)18(19)11(15)17-6-8(14)5-16-17/h1-3,5-6,15,19H,4,13-14H2. The summed E-state index contributed by atoms with van der Waals surface area (Å²) in [6, 6.07) is 5.10. The van der Waals surface area contributed by atoms with Crippen molar-refractivity contribution in [3.05, 3.63) is 40.6 Å². The predicted octanol–water partition coefficient (Wildman–Crippen LogP) is 1.37. The van der Waals surface area contributed by atoms with Gasteiger partial charge in [0, 0.05) is 11.0 Å². The lowest BCUT2D eigenvalue weighted by Crippen LogP contribution is -2.32. The van der Waals surface area contributed by atoms with Crippen LogP contribution in [-0.2, 0) is 6.54 Å². The van der Waals surface area contributed by atoms with Gasteiger partial charge in [0.05, 0.1) is 23.8 Å². The summed E-state index contributed by atoms with van der Waals surface area (Å²) in [5.41, 5.74) is 12.8. The Labute approximate surface area is 118 Å². The number of anilines is 2. The molecule has 6 N–H and O–H groups in total. The lowest BCUT2D eigenvalue weighted by Gasteiger charge is -2.18. The molecule has 1 heterocycles. The molecule has 0 atom stereocenters.